The standard InChI is InChI=1S/C8H11N3O2/c9-7(8(10)12)5-13-6-2-1-3-11-4-6/h1-4,7H,5,9H2,(H2,10,12). The van der Waals surface area contributed by atoms with Crippen LogP contribution in [-0.4, -0.2) is 23.5 Å². The van der Waals surface area contributed by atoms with E-state index >= 15 is 0 Å². The summed E-state index contributed by atoms with van der Waals surface area (Å²) < 4.78 is 5.14. The van der Waals surface area contributed by atoms with E-state index < -0.39 is 11.9 Å². The molecular weight excluding hydrogens is 170 g/mol. The molecule has 5 heteroatoms. The van der Waals surface area contributed by atoms with Crippen molar-refractivity contribution >= 4 is 5.91 Å². The van der Waals surface area contributed by atoms with Crippen LogP contribution < -0.4 is 16.2 Å². The predicted octanol–water partition coefficient (Wildman–Crippen LogP) is -0.727. The average molecular weight is 181 g/mol. The number of primary amides is 1. The Labute approximate surface area is 75.7 Å². The molecule has 70 valence electrons. The maximum absolute atomic E-state index is 10.5. The number of nitrogens with two attached hydrogens (primary N) is 2. The number of ether oxygens (including phenoxy) is 1. The molecule has 1 aromatic heterocycles. The van der Waals surface area contributed by atoms with Gasteiger partial charge in [0.15, 0.2) is 0 Å². The molecule has 0 aliphatic carbocycles. The van der Waals surface area contributed by atoms with Crippen LogP contribution in [0.3, 0.4) is 0 Å². The fraction of sp³-hybridized carbons (Fsp3) is 0.250. The van der Waals surface area contributed by atoms with Crippen molar-refractivity contribution in [1.82, 2.24) is 4.98 Å². The lowest BCUT2D eigenvalue weighted by Gasteiger charge is -2.08. The minimum atomic E-state index is -0.778. The summed E-state index contributed by atoms with van der Waals surface area (Å²) in [5.41, 5.74) is 10.3. The van der Waals surface area contributed by atoms with E-state index in [1.54, 1.807) is 18.3 Å². The molecule has 0 radical (unpaired) electrons. The molecule has 0 aromatic carbocycles. The first-order chi connectivity index (χ1) is 6.20. The van der Waals surface area contributed by atoms with Crippen LogP contribution in [0.4, 0.5) is 0 Å². The van der Waals surface area contributed by atoms with Gasteiger partial charge in [0.1, 0.15) is 18.4 Å². The zero-order valence-electron chi connectivity index (χ0n) is 7.01. The maximum atomic E-state index is 10.5. The van der Waals surface area contributed by atoms with Gasteiger partial charge in [-0.1, -0.05) is 0 Å². The van der Waals surface area contributed by atoms with Crippen molar-refractivity contribution in [2.45, 2.75) is 6.04 Å². The van der Waals surface area contributed by atoms with Crippen molar-refractivity contribution in [3.63, 3.8) is 0 Å². The number of hydrogen-bond acceptors (Lipinski definition) is 4. The molecule has 0 bridgehead atoms. The Bertz CT molecular complexity index is 276. The Morgan fingerprint density at radius 3 is 3.00 bits per heavy atom. The number of rotatable bonds is 4. The number of aromatic nitrogens is 1. The van der Waals surface area contributed by atoms with Gasteiger partial charge in [-0.3, -0.25) is 9.78 Å². The van der Waals surface area contributed by atoms with Gasteiger partial charge in [0.2, 0.25) is 5.91 Å². The van der Waals surface area contributed by atoms with E-state index in [1.165, 1.54) is 6.20 Å². The predicted molar refractivity (Wildman–Crippen MR) is 46.9 cm³/mol. The molecule has 0 fully saturated rings. The Hall–Kier alpha value is -1.62. The monoisotopic (exact) mass is 181 g/mol. The molecule has 0 saturated carbocycles. The van der Waals surface area contributed by atoms with Crippen LogP contribution in [0.15, 0.2) is 24.5 Å². The lowest BCUT2D eigenvalue weighted by molar-refractivity contribution is -0.119. The molecule has 1 heterocycles. The number of carbonyl (C=O) groups excluding carboxylic acids is 1. The van der Waals surface area contributed by atoms with Gasteiger partial charge in [-0.15, -0.1) is 0 Å². The van der Waals surface area contributed by atoms with Gasteiger partial charge in [0.05, 0.1) is 6.20 Å². The zero-order valence-corrected chi connectivity index (χ0v) is 7.01. The van der Waals surface area contributed by atoms with Crippen LogP contribution in [0, 0.1) is 0 Å². The highest BCUT2D eigenvalue weighted by Gasteiger charge is 2.09. The summed E-state index contributed by atoms with van der Waals surface area (Å²) in [6.45, 7) is 0.0705. The highest BCUT2D eigenvalue weighted by atomic mass is 16.5. The van der Waals surface area contributed by atoms with Crippen LogP contribution in [0.2, 0.25) is 0 Å². The second-order valence-electron chi connectivity index (χ2n) is 2.51. The van der Waals surface area contributed by atoms with Crippen molar-refractivity contribution in [1.29, 1.82) is 0 Å². The van der Waals surface area contributed by atoms with Crippen molar-refractivity contribution in [2.75, 3.05) is 6.61 Å². The van der Waals surface area contributed by atoms with E-state index in [4.69, 9.17) is 16.2 Å². The normalized spacial score (nSPS) is 12.1. The van der Waals surface area contributed by atoms with Crippen molar-refractivity contribution in [3.8, 4) is 5.75 Å². The summed E-state index contributed by atoms with van der Waals surface area (Å²) in [5.74, 6) is -0.0110. The second-order valence-corrected chi connectivity index (χ2v) is 2.51. The Morgan fingerprint density at radius 2 is 2.46 bits per heavy atom. The molecule has 5 nitrogen and oxygen atoms in total. The SMILES string of the molecule is NC(=O)C(N)COc1cccnc1. The van der Waals surface area contributed by atoms with Gasteiger partial charge in [-0.2, -0.15) is 0 Å². The van der Waals surface area contributed by atoms with Gasteiger partial charge >= 0.3 is 0 Å². The first-order valence-corrected chi connectivity index (χ1v) is 3.78. The Balaban J connectivity index is 2.39. The largest absolute Gasteiger partial charge is 0.490 e. The Morgan fingerprint density at radius 1 is 1.69 bits per heavy atom. The molecule has 1 atom stereocenters. The van der Waals surface area contributed by atoms with Crippen LogP contribution in [-0.2, 0) is 4.79 Å². The van der Waals surface area contributed by atoms with Crippen molar-refractivity contribution in [2.24, 2.45) is 11.5 Å². The summed E-state index contributed by atoms with van der Waals surface area (Å²) in [6, 6.07) is 2.67. The van der Waals surface area contributed by atoms with E-state index in [1.807, 2.05) is 0 Å². The second kappa shape index (κ2) is 4.42. The highest BCUT2D eigenvalue weighted by Crippen LogP contribution is 2.05. The van der Waals surface area contributed by atoms with Crippen LogP contribution in [0.1, 0.15) is 0 Å². The molecule has 0 spiro atoms. The van der Waals surface area contributed by atoms with Crippen LogP contribution in [0.25, 0.3) is 0 Å². The number of amides is 1. The topological polar surface area (TPSA) is 91.2 Å². The molecule has 13 heavy (non-hydrogen) atoms. The zero-order chi connectivity index (χ0) is 9.68. The average Bonchev–Trinajstić information content (AvgIpc) is 2.15. The molecule has 4 N–H and O–H groups in total. The van der Waals surface area contributed by atoms with Crippen LogP contribution in [0.5, 0.6) is 5.75 Å². The first-order valence-electron chi connectivity index (χ1n) is 3.78. The highest BCUT2D eigenvalue weighted by molar-refractivity contribution is 5.79. The van der Waals surface area contributed by atoms with E-state index in [0.29, 0.717) is 5.75 Å². The van der Waals surface area contributed by atoms with Gasteiger partial charge in [-0.05, 0) is 12.1 Å². The number of pyridine rings is 1. The number of nitrogens with zero attached hydrogens (tertiary/aromatic N) is 1. The fourth-order valence-corrected chi connectivity index (χ4v) is 0.701. The minimum absolute atomic E-state index is 0.0705. The first kappa shape index (κ1) is 9.47. The third kappa shape index (κ3) is 3.08. The molecular formula is C8H11N3O2. The molecule has 0 saturated heterocycles. The van der Waals surface area contributed by atoms with E-state index in [9.17, 15) is 4.79 Å². The summed E-state index contributed by atoms with van der Waals surface area (Å²) in [5, 5.41) is 0. The summed E-state index contributed by atoms with van der Waals surface area (Å²) >= 11 is 0. The summed E-state index contributed by atoms with van der Waals surface area (Å²) in [6.07, 6.45) is 3.16. The van der Waals surface area contributed by atoms with Gasteiger partial charge in [0, 0.05) is 6.20 Å². The number of carbonyl (C=O) groups is 1. The summed E-state index contributed by atoms with van der Waals surface area (Å²) in [4.78, 5) is 14.3. The quantitative estimate of drug-likeness (QED) is 0.640. The molecule has 1 rings (SSSR count). The third-order valence-electron chi connectivity index (χ3n) is 1.43. The van der Waals surface area contributed by atoms with E-state index in [0.717, 1.165) is 0 Å². The van der Waals surface area contributed by atoms with E-state index in [2.05, 4.69) is 4.98 Å². The number of hydrogen-bond donors (Lipinski definition) is 2. The molecule has 1 unspecified atom stereocenters. The van der Waals surface area contributed by atoms with Crippen molar-refractivity contribution < 1.29 is 9.53 Å². The fourth-order valence-electron chi connectivity index (χ4n) is 0.701. The van der Waals surface area contributed by atoms with Crippen molar-refractivity contribution in [3.05, 3.63) is 24.5 Å². The molecule has 1 amide bonds. The van der Waals surface area contributed by atoms with Gasteiger partial charge < -0.3 is 16.2 Å². The van der Waals surface area contributed by atoms with Gasteiger partial charge in [-0.25, -0.2) is 0 Å². The van der Waals surface area contributed by atoms with E-state index in [-0.39, 0.29) is 6.61 Å². The molecule has 0 aliphatic rings. The van der Waals surface area contributed by atoms with Gasteiger partial charge in [0.25, 0.3) is 0 Å². The lowest BCUT2D eigenvalue weighted by atomic mass is 10.3. The summed E-state index contributed by atoms with van der Waals surface area (Å²) in [7, 11) is 0. The minimum Gasteiger partial charge on any atom is -0.490 e. The lowest BCUT2D eigenvalue weighted by Crippen LogP contribution is -2.41. The molecule has 0 aliphatic heterocycles. The third-order valence-corrected chi connectivity index (χ3v) is 1.43. The molecule has 1 aromatic rings. The van der Waals surface area contributed by atoms with Crippen LogP contribution >= 0.6 is 0 Å². The smallest absolute Gasteiger partial charge is 0.237 e. The Kier molecular flexibility index (Phi) is 3.22. The maximum Gasteiger partial charge on any atom is 0.237 e.